The second-order valence-electron chi connectivity index (χ2n) is 6.84. The van der Waals surface area contributed by atoms with Crippen molar-refractivity contribution in [2.45, 2.75) is 45.1 Å². The molecule has 1 aromatic rings. The topological polar surface area (TPSA) is 37.3 Å². The van der Waals surface area contributed by atoms with Gasteiger partial charge in [0.1, 0.15) is 6.29 Å². The van der Waals surface area contributed by atoms with Crippen LogP contribution in [0.4, 0.5) is 0 Å². The summed E-state index contributed by atoms with van der Waals surface area (Å²) in [6.07, 6.45) is 2.98. The van der Waals surface area contributed by atoms with Gasteiger partial charge in [0, 0.05) is 5.92 Å². The lowest BCUT2D eigenvalue weighted by atomic mass is 9.49. The molecule has 0 radical (unpaired) electrons. The van der Waals surface area contributed by atoms with Crippen LogP contribution in [-0.4, -0.2) is 17.0 Å². The van der Waals surface area contributed by atoms with Gasteiger partial charge in [-0.2, -0.15) is 0 Å². The van der Waals surface area contributed by atoms with E-state index in [-0.39, 0.29) is 11.8 Å². The molecule has 1 aromatic carbocycles. The van der Waals surface area contributed by atoms with Gasteiger partial charge < -0.3 is 9.90 Å². The van der Waals surface area contributed by atoms with E-state index in [1.807, 2.05) is 13.8 Å². The zero-order valence-electron chi connectivity index (χ0n) is 11.9. The molecule has 0 heterocycles. The van der Waals surface area contributed by atoms with Gasteiger partial charge >= 0.3 is 0 Å². The highest BCUT2D eigenvalue weighted by Crippen LogP contribution is 2.59. The minimum Gasteiger partial charge on any atom is -0.390 e. The van der Waals surface area contributed by atoms with Gasteiger partial charge in [-0.3, -0.25) is 0 Å². The average Bonchev–Trinajstić information content (AvgIpc) is 2.28. The molecular weight excluding hydrogens is 236 g/mol. The first kappa shape index (κ1) is 12.9. The van der Waals surface area contributed by atoms with Gasteiger partial charge in [0.25, 0.3) is 0 Å². The van der Waals surface area contributed by atoms with Crippen molar-refractivity contribution in [2.75, 3.05) is 0 Å². The third-order valence-corrected chi connectivity index (χ3v) is 5.26. The Balaban J connectivity index is 2.07. The Labute approximate surface area is 114 Å². The summed E-state index contributed by atoms with van der Waals surface area (Å²) in [6.45, 7) is 5.95. The molecule has 2 aliphatic rings. The lowest BCUT2D eigenvalue weighted by molar-refractivity contribution is -0.121. The fourth-order valence-corrected chi connectivity index (χ4v) is 4.22. The summed E-state index contributed by atoms with van der Waals surface area (Å²) in [6, 6.07) is 6.37. The Morgan fingerprint density at radius 1 is 1.37 bits per heavy atom. The van der Waals surface area contributed by atoms with E-state index in [0.29, 0.717) is 11.8 Å². The van der Waals surface area contributed by atoms with E-state index >= 15 is 0 Å². The van der Waals surface area contributed by atoms with Crippen LogP contribution in [0.2, 0.25) is 0 Å². The molecule has 0 aliphatic heterocycles. The first-order valence-corrected chi connectivity index (χ1v) is 7.19. The number of carbonyl (C=O) groups excluding carboxylic acids is 1. The summed E-state index contributed by atoms with van der Waals surface area (Å²) in [7, 11) is 0. The Bertz CT molecular complexity index is 512. The molecule has 1 N–H and O–H groups in total. The molecule has 19 heavy (non-hydrogen) atoms. The molecule has 0 amide bonds. The number of aldehydes is 1. The van der Waals surface area contributed by atoms with Gasteiger partial charge in [-0.1, -0.05) is 18.2 Å². The largest absolute Gasteiger partial charge is 0.390 e. The van der Waals surface area contributed by atoms with Crippen LogP contribution in [-0.2, 0) is 11.2 Å². The minimum atomic E-state index is -0.661. The second kappa shape index (κ2) is 4.17. The Morgan fingerprint density at radius 3 is 2.74 bits per heavy atom. The molecule has 1 saturated carbocycles. The summed E-state index contributed by atoms with van der Waals surface area (Å²) in [5, 5.41) is 10.4. The van der Waals surface area contributed by atoms with Crippen molar-refractivity contribution in [3.8, 4) is 0 Å². The fourth-order valence-electron chi connectivity index (χ4n) is 4.22. The number of benzene rings is 1. The normalized spacial score (nSPS) is 33.1. The predicted octanol–water partition coefficient (Wildman–Crippen LogP) is 2.86. The van der Waals surface area contributed by atoms with Crippen LogP contribution in [0, 0.1) is 24.7 Å². The molecule has 0 bridgehead atoms. The third kappa shape index (κ3) is 1.85. The van der Waals surface area contributed by atoms with E-state index in [9.17, 15) is 9.90 Å². The summed E-state index contributed by atoms with van der Waals surface area (Å²) in [5.74, 6) is 1.21. The minimum absolute atomic E-state index is 0.137. The highest BCUT2D eigenvalue weighted by atomic mass is 16.3. The molecule has 2 aliphatic carbocycles. The van der Waals surface area contributed by atoms with E-state index in [1.54, 1.807) is 0 Å². The number of rotatable bonds is 2. The SMILES string of the molecule is Cc1cccc2c1[C@H]1[C@H](C[C@@H]1C(C)(C)O)[C@@H](C=O)C2. The molecule has 3 rings (SSSR count). The maximum Gasteiger partial charge on any atom is 0.123 e. The van der Waals surface area contributed by atoms with Crippen molar-refractivity contribution in [3.63, 3.8) is 0 Å². The summed E-state index contributed by atoms with van der Waals surface area (Å²) in [4.78, 5) is 11.3. The van der Waals surface area contributed by atoms with Crippen molar-refractivity contribution >= 4 is 6.29 Å². The molecule has 4 atom stereocenters. The highest BCUT2D eigenvalue weighted by molar-refractivity contribution is 5.59. The van der Waals surface area contributed by atoms with E-state index in [4.69, 9.17) is 0 Å². The van der Waals surface area contributed by atoms with Crippen molar-refractivity contribution in [3.05, 3.63) is 34.9 Å². The highest BCUT2D eigenvalue weighted by Gasteiger charge is 2.54. The van der Waals surface area contributed by atoms with Gasteiger partial charge in [0.15, 0.2) is 0 Å². The lowest BCUT2D eigenvalue weighted by Crippen LogP contribution is -2.52. The van der Waals surface area contributed by atoms with Crippen LogP contribution < -0.4 is 0 Å². The van der Waals surface area contributed by atoms with Crippen molar-refractivity contribution < 1.29 is 9.90 Å². The molecule has 2 heteroatoms. The zero-order chi connectivity index (χ0) is 13.8. The monoisotopic (exact) mass is 258 g/mol. The summed E-state index contributed by atoms with van der Waals surface area (Å²) in [5.41, 5.74) is 3.37. The molecular formula is C17H22O2. The van der Waals surface area contributed by atoms with Gasteiger partial charge in [0.2, 0.25) is 0 Å². The molecule has 102 valence electrons. The van der Waals surface area contributed by atoms with Gasteiger partial charge in [-0.15, -0.1) is 0 Å². The molecule has 0 spiro atoms. The summed E-state index contributed by atoms with van der Waals surface area (Å²) >= 11 is 0. The first-order chi connectivity index (χ1) is 8.93. The van der Waals surface area contributed by atoms with Crippen LogP contribution in [0.1, 0.15) is 42.9 Å². The van der Waals surface area contributed by atoms with Crippen molar-refractivity contribution in [1.29, 1.82) is 0 Å². The quantitative estimate of drug-likeness (QED) is 0.828. The van der Waals surface area contributed by atoms with Gasteiger partial charge in [-0.25, -0.2) is 0 Å². The Hall–Kier alpha value is -1.15. The predicted molar refractivity (Wildman–Crippen MR) is 75.1 cm³/mol. The molecule has 1 fully saturated rings. The number of hydrogen-bond donors (Lipinski definition) is 1. The molecule has 0 unspecified atom stereocenters. The second-order valence-corrected chi connectivity index (χ2v) is 6.84. The Kier molecular flexibility index (Phi) is 2.82. The smallest absolute Gasteiger partial charge is 0.123 e. The fraction of sp³-hybridized carbons (Fsp3) is 0.588. The number of fused-ring (bicyclic) bond motifs is 3. The summed E-state index contributed by atoms with van der Waals surface area (Å²) < 4.78 is 0. The third-order valence-electron chi connectivity index (χ3n) is 5.26. The molecule has 0 saturated heterocycles. The average molecular weight is 258 g/mol. The van der Waals surface area contributed by atoms with Crippen LogP contribution in [0.3, 0.4) is 0 Å². The number of carbonyl (C=O) groups is 1. The zero-order valence-corrected chi connectivity index (χ0v) is 11.9. The Morgan fingerprint density at radius 2 is 2.11 bits per heavy atom. The van der Waals surface area contributed by atoms with Gasteiger partial charge in [0.05, 0.1) is 5.60 Å². The van der Waals surface area contributed by atoms with Crippen molar-refractivity contribution in [1.82, 2.24) is 0 Å². The number of aliphatic hydroxyl groups is 1. The number of hydrogen-bond acceptors (Lipinski definition) is 2. The molecule has 0 aromatic heterocycles. The maximum absolute atomic E-state index is 11.3. The van der Waals surface area contributed by atoms with Crippen LogP contribution in [0.15, 0.2) is 18.2 Å². The number of aryl methyl sites for hydroxylation is 1. The van der Waals surface area contributed by atoms with E-state index < -0.39 is 5.60 Å². The standard InChI is InChI=1S/C17H22O2/c1-10-5-4-6-11-7-12(9-18)13-8-14(17(2,3)19)16(13)15(10)11/h4-6,9,12-14,16,19H,7-8H2,1-3H3/t12-,13-,14+,16+/m1/s1. The van der Waals surface area contributed by atoms with E-state index in [1.165, 1.54) is 16.7 Å². The molecule has 2 nitrogen and oxygen atoms in total. The van der Waals surface area contributed by atoms with E-state index in [2.05, 4.69) is 25.1 Å². The lowest BCUT2D eigenvalue weighted by Gasteiger charge is -2.55. The van der Waals surface area contributed by atoms with Gasteiger partial charge in [-0.05, 0) is 68.1 Å². The van der Waals surface area contributed by atoms with E-state index in [0.717, 1.165) is 19.1 Å². The van der Waals surface area contributed by atoms with Crippen molar-refractivity contribution in [2.24, 2.45) is 17.8 Å². The maximum atomic E-state index is 11.3. The van der Waals surface area contributed by atoms with Crippen LogP contribution in [0.25, 0.3) is 0 Å². The first-order valence-electron chi connectivity index (χ1n) is 7.19. The van der Waals surface area contributed by atoms with Crippen LogP contribution >= 0.6 is 0 Å². The van der Waals surface area contributed by atoms with Crippen LogP contribution in [0.5, 0.6) is 0 Å².